The molecule has 0 spiro atoms. The van der Waals surface area contributed by atoms with Crippen molar-refractivity contribution in [2.75, 3.05) is 37.4 Å². The van der Waals surface area contributed by atoms with Crippen LogP contribution in [0.15, 0.2) is 58.0 Å². The zero-order valence-corrected chi connectivity index (χ0v) is 27.3. The van der Waals surface area contributed by atoms with Gasteiger partial charge in [0.15, 0.2) is 0 Å². The number of carbonyl (C=O) groups is 1. The van der Waals surface area contributed by atoms with Crippen molar-refractivity contribution in [1.29, 1.82) is 0 Å². The summed E-state index contributed by atoms with van der Waals surface area (Å²) in [4.78, 5) is 24.1. The molecule has 1 unspecified atom stereocenters. The Balaban J connectivity index is 1.40. The number of amides is 1. The van der Waals surface area contributed by atoms with E-state index >= 15 is 0 Å². The maximum absolute atomic E-state index is 13.2. The summed E-state index contributed by atoms with van der Waals surface area (Å²) < 4.78 is 11.4. The van der Waals surface area contributed by atoms with Crippen molar-refractivity contribution in [3.05, 3.63) is 71.1 Å². The number of aryl methyl sites for hydroxylation is 2. The monoisotopic (exact) mass is 616 g/mol. The fourth-order valence-corrected chi connectivity index (χ4v) is 6.44. The Bertz CT molecular complexity index is 2010. The fraction of sp³-hybridized carbons (Fsp3) is 0.324. The molecule has 1 atom stereocenters. The molecule has 236 valence electrons. The van der Waals surface area contributed by atoms with Crippen LogP contribution in [0, 0.1) is 25.7 Å². The Morgan fingerprint density at radius 3 is 2.59 bits per heavy atom. The first kappa shape index (κ1) is 30.9. The van der Waals surface area contributed by atoms with Gasteiger partial charge in [-0.25, -0.2) is 0 Å². The quantitative estimate of drug-likeness (QED) is 0.142. The van der Waals surface area contributed by atoms with E-state index in [4.69, 9.17) is 14.3 Å². The number of aromatic nitrogens is 2. The van der Waals surface area contributed by atoms with Gasteiger partial charge in [-0.2, -0.15) is 0 Å². The molecule has 3 N–H and O–H groups in total. The van der Waals surface area contributed by atoms with Crippen molar-refractivity contribution in [3.8, 4) is 28.7 Å². The highest BCUT2D eigenvalue weighted by Crippen LogP contribution is 2.42. The van der Waals surface area contributed by atoms with E-state index in [1.54, 1.807) is 7.11 Å². The molecular formula is C37H40N6O3. The number of nitrogens with one attached hydrogen (secondary N) is 3. The minimum atomic E-state index is -0.153. The van der Waals surface area contributed by atoms with Crippen LogP contribution in [0.2, 0.25) is 0 Å². The average molecular weight is 617 g/mol. The highest BCUT2D eigenvalue weighted by atomic mass is 16.5. The lowest BCUT2D eigenvalue weighted by Crippen LogP contribution is -2.34. The van der Waals surface area contributed by atoms with Crippen LogP contribution in [0.3, 0.4) is 0 Å². The fourth-order valence-electron chi connectivity index (χ4n) is 6.44. The Morgan fingerprint density at radius 1 is 1.07 bits per heavy atom. The molecule has 0 fully saturated rings. The summed E-state index contributed by atoms with van der Waals surface area (Å²) in [5.41, 5.74) is 7.22. The van der Waals surface area contributed by atoms with E-state index in [9.17, 15) is 4.79 Å². The largest absolute Gasteiger partial charge is 0.496 e. The second kappa shape index (κ2) is 13.1. The lowest BCUT2D eigenvalue weighted by atomic mass is 9.93. The standard InChI is InChI=1S/C37H40N6O3/c1-7-9-12-18-43(17-8-2)21-33(44)40-30-16-15-27(25-13-10-11-14-26(25)30)36-35-28-20-32(45-6)29(34-22(3)42-46-23(34)4)19-31(28)41-37(35)39-24(5)38-36/h10-11,13-16,19-20,24,39,41H,8,12,17-18,21H2,1-6H3,(H,40,44). The van der Waals surface area contributed by atoms with Gasteiger partial charge in [0.1, 0.15) is 23.5 Å². The van der Waals surface area contributed by atoms with E-state index in [2.05, 4.69) is 74.8 Å². The highest BCUT2D eigenvalue weighted by Gasteiger charge is 2.28. The van der Waals surface area contributed by atoms with Gasteiger partial charge in [0.05, 0.1) is 36.2 Å². The molecular weight excluding hydrogens is 576 g/mol. The van der Waals surface area contributed by atoms with Gasteiger partial charge in [-0.1, -0.05) is 42.4 Å². The number of ether oxygens (including phenoxy) is 1. The molecule has 1 amide bonds. The van der Waals surface area contributed by atoms with Crippen molar-refractivity contribution < 1.29 is 14.1 Å². The molecule has 0 saturated carbocycles. The molecule has 6 rings (SSSR count). The first-order chi connectivity index (χ1) is 22.3. The first-order valence-electron chi connectivity index (χ1n) is 15.8. The van der Waals surface area contributed by atoms with Gasteiger partial charge in [0, 0.05) is 46.1 Å². The van der Waals surface area contributed by atoms with Crippen LogP contribution in [0.4, 0.5) is 11.5 Å². The molecule has 1 aliphatic rings. The number of carbonyl (C=O) groups excluding carboxylic acids is 1. The second-order valence-electron chi connectivity index (χ2n) is 11.7. The zero-order chi connectivity index (χ0) is 32.4. The number of hydrogen-bond acceptors (Lipinski definition) is 7. The van der Waals surface area contributed by atoms with Crippen molar-refractivity contribution in [2.45, 2.75) is 53.6 Å². The van der Waals surface area contributed by atoms with Crippen LogP contribution in [0.5, 0.6) is 5.75 Å². The topological polar surface area (TPSA) is 108 Å². The van der Waals surface area contributed by atoms with Gasteiger partial charge in [0.25, 0.3) is 0 Å². The third-order valence-electron chi connectivity index (χ3n) is 8.42. The molecule has 0 aliphatic carbocycles. The zero-order valence-electron chi connectivity index (χ0n) is 27.3. The summed E-state index contributed by atoms with van der Waals surface area (Å²) in [6.07, 6.45) is 1.57. The lowest BCUT2D eigenvalue weighted by Gasteiger charge is -2.23. The second-order valence-corrected chi connectivity index (χ2v) is 11.7. The van der Waals surface area contributed by atoms with Crippen molar-refractivity contribution in [1.82, 2.24) is 15.0 Å². The van der Waals surface area contributed by atoms with E-state index in [0.717, 1.165) is 104 Å². The van der Waals surface area contributed by atoms with Gasteiger partial charge < -0.3 is 24.9 Å². The number of fused-ring (bicyclic) bond motifs is 4. The van der Waals surface area contributed by atoms with Crippen LogP contribution in [-0.2, 0) is 4.79 Å². The number of methoxy groups -OCH3 is 1. The predicted octanol–water partition coefficient (Wildman–Crippen LogP) is 7.27. The third kappa shape index (κ3) is 5.84. The molecule has 3 heterocycles. The number of aromatic amines is 1. The summed E-state index contributed by atoms with van der Waals surface area (Å²) in [6, 6.07) is 16.4. The van der Waals surface area contributed by atoms with Gasteiger partial charge in [0.2, 0.25) is 5.91 Å². The highest BCUT2D eigenvalue weighted by molar-refractivity contribution is 6.28. The number of anilines is 2. The molecule has 3 aromatic carbocycles. The molecule has 0 saturated heterocycles. The van der Waals surface area contributed by atoms with E-state index in [1.807, 2.05) is 45.9 Å². The summed E-state index contributed by atoms with van der Waals surface area (Å²) in [5.74, 6) is 8.37. The van der Waals surface area contributed by atoms with Crippen LogP contribution in [0.1, 0.15) is 56.2 Å². The Labute approximate surface area is 269 Å². The number of rotatable bonds is 10. The number of hydrogen-bond donors (Lipinski definition) is 3. The molecule has 0 radical (unpaired) electrons. The number of benzene rings is 3. The lowest BCUT2D eigenvalue weighted by molar-refractivity contribution is -0.117. The maximum atomic E-state index is 13.2. The summed E-state index contributed by atoms with van der Waals surface area (Å²) in [6.45, 7) is 11.8. The van der Waals surface area contributed by atoms with E-state index in [1.165, 1.54) is 0 Å². The van der Waals surface area contributed by atoms with Gasteiger partial charge >= 0.3 is 0 Å². The van der Waals surface area contributed by atoms with Crippen LogP contribution in [-0.4, -0.2) is 59.6 Å². The van der Waals surface area contributed by atoms with E-state index in [-0.39, 0.29) is 12.1 Å². The first-order valence-corrected chi connectivity index (χ1v) is 15.8. The Hall–Kier alpha value is -5.07. The molecule has 0 bridgehead atoms. The average Bonchev–Trinajstić information content (AvgIpc) is 3.57. The van der Waals surface area contributed by atoms with Crippen molar-refractivity contribution in [2.24, 2.45) is 4.99 Å². The maximum Gasteiger partial charge on any atom is 0.238 e. The normalized spacial score (nSPS) is 14.1. The van der Waals surface area contributed by atoms with Crippen molar-refractivity contribution >= 4 is 44.8 Å². The summed E-state index contributed by atoms with van der Waals surface area (Å²) >= 11 is 0. The van der Waals surface area contributed by atoms with Gasteiger partial charge in [-0.3, -0.25) is 14.7 Å². The molecule has 1 aliphatic heterocycles. The smallest absolute Gasteiger partial charge is 0.238 e. The molecule has 5 aromatic rings. The molecule has 9 heteroatoms. The van der Waals surface area contributed by atoms with Crippen LogP contribution >= 0.6 is 0 Å². The van der Waals surface area contributed by atoms with E-state index < -0.39 is 0 Å². The van der Waals surface area contributed by atoms with Crippen LogP contribution in [0.25, 0.3) is 32.8 Å². The predicted molar refractivity (Wildman–Crippen MR) is 186 cm³/mol. The third-order valence-corrected chi connectivity index (χ3v) is 8.42. The minimum absolute atomic E-state index is 0.0382. The van der Waals surface area contributed by atoms with Crippen molar-refractivity contribution in [3.63, 3.8) is 0 Å². The summed E-state index contributed by atoms with van der Waals surface area (Å²) in [5, 5.41) is 13.8. The van der Waals surface area contributed by atoms with Gasteiger partial charge in [-0.05, 0) is 64.2 Å². The summed E-state index contributed by atoms with van der Waals surface area (Å²) in [7, 11) is 1.68. The number of H-pyrrole nitrogens is 1. The molecule has 2 aromatic heterocycles. The Morgan fingerprint density at radius 2 is 1.87 bits per heavy atom. The SMILES string of the molecule is CC#CCCN(CCC)CC(=O)Nc1ccc(C2=NC(C)Nc3[nH]c4cc(-c5c(C)noc5C)c(OC)cc4c32)c2ccccc12. The van der Waals surface area contributed by atoms with Gasteiger partial charge in [-0.15, -0.1) is 11.8 Å². The Kier molecular flexibility index (Phi) is 8.82. The number of aliphatic imine (C=N–C) groups is 1. The minimum Gasteiger partial charge on any atom is -0.496 e. The number of nitrogens with zero attached hydrogens (tertiary/aromatic N) is 3. The van der Waals surface area contributed by atoms with Crippen LogP contribution < -0.4 is 15.4 Å². The molecule has 46 heavy (non-hydrogen) atoms. The van der Waals surface area contributed by atoms with E-state index in [0.29, 0.717) is 6.54 Å². The molecule has 9 nitrogen and oxygen atoms in total.